The highest BCUT2D eigenvalue weighted by Gasteiger charge is 2.38. The van der Waals surface area contributed by atoms with E-state index in [2.05, 4.69) is 44.9 Å². The lowest BCUT2D eigenvalue weighted by atomic mass is 9.64. The van der Waals surface area contributed by atoms with E-state index in [1.54, 1.807) is 0 Å². The summed E-state index contributed by atoms with van der Waals surface area (Å²) in [6, 6.07) is 10.5. The van der Waals surface area contributed by atoms with Gasteiger partial charge in [0.1, 0.15) is 12.4 Å². The molecule has 0 amide bonds. The van der Waals surface area contributed by atoms with Crippen LogP contribution in [-0.4, -0.2) is 28.6 Å². The summed E-state index contributed by atoms with van der Waals surface area (Å²) in [5, 5.41) is 6.57. The van der Waals surface area contributed by atoms with Crippen LogP contribution in [0.25, 0.3) is 0 Å². The van der Waals surface area contributed by atoms with Crippen molar-refractivity contribution < 1.29 is 8.78 Å². The van der Waals surface area contributed by atoms with E-state index in [-0.39, 0.29) is 41.8 Å². The molecule has 0 bridgehead atoms. The summed E-state index contributed by atoms with van der Waals surface area (Å²) in [7, 11) is 0. The lowest BCUT2D eigenvalue weighted by molar-refractivity contribution is 0.0671. The van der Waals surface area contributed by atoms with Gasteiger partial charge in [-0.3, -0.25) is 4.57 Å². The van der Waals surface area contributed by atoms with E-state index in [9.17, 15) is 8.78 Å². The van der Waals surface area contributed by atoms with E-state index < -0.39 is 6.55 Å². The van der Waals surface area contributed by atoms with Crippen LogP contribution >= 0.6 is 24.0 Å². The second-order valence-electron chi connectivity index (χ2n) is 6.58. The van der Waals surface area contributed by atoms with Gasteiger partial charge < -0.3 is 10.6 Å². The molecule has 2 N–H and O–H groups in total. The number of imidazole rings is 1. The number of aromatic nitrogens is 2. The normalized spacial score (nSPS) is 15.8. The smallest absolute Gasteiger partial charge is 0.319 e. The van der Waals surface area contributed by atoms with E-state index in [1.165, 1.54) is 24.4 Å². The van der Waals surface area contributed by atoms with Crippen molar-refractivity contribution in [1.82, 2.24) is 20.2 Å². The molecular weight excluding hydrogens is 463 g/mol. The number of aliphatic imine (C=N–C) groups is 1. The highest BCUT2D eigenvalue weighted by atomic mass is 127. The Bertz CT molecular complexity index is 729. The van der Waals surface area contributed by atoms with Crippen LogP contribution in [0.5, 0.6) is 0 Å². The van der Waals surface area contributed by atoms with Crippen molar-refractivity contribution in [3.05, 3.63) is 54.1 Å². The molecule has 1 aliphatic rings. The van der Waals surface area contributed by atoms with Crippen molar-refractivity contribution in [3.63, 3.8) is 0 Å². The summed E-state index contributed by atoms with van der Waals surface area (Å²) >= 11 is 0. The predicted molar refractivity (Wildman–Crippen MR) is 114 cm³/mol. The summed E-state index contributed by atoms with van der Waals surface area (Å²) in [4.78, 5) is 8.41. The summed E-state index contributed by atoms with van der Waals surface area (Å²) in [5.74, 6) is 0.872. The van der Waals surface area contributed by atoms with Crippen LogP contribution in [0.1, 0.15) is 44.1 Å². The van der Waals surface area contributed by atoms with Gasteiger partial charge in [0.25, 0.3) is 0 Å². The molecule has 1 aromatic heterocycles. The van der Waals surface area contributed by atoms with E-state index in [4.69, 9.17) is 0 Å². The second kappa shape index (κ2) is 10.0. The molecule has 3 rings (SSSR count). The first kappa shape index (κ1) is 21.6. The highest BCUT2D eigenvalue weighted by Crippen LogP contribution is 2.43. The standard InChI is InChI=1S/C19H25F2N5.HI/c1-2-22-18(24-13-16-23-11-12-26(16)17(20)21)25-14-19(9-6-10-19)15-7-4-3-5-8-15;/h3-5,7-8,11-12,17H,2,6,9-10,13-14H2,1H3,(H2,22,24,25);1H. The summed E-state index contributed by atoms with van der Waals surface area (Å²) in [5.41, 5.74) is 1.46. The molecule has 0 radical (unpaired) electrons. The number of halogens is 3. The fraction of sp³-hybridized carbons (Fsp3) is 0.474. The Morgan fingerprint density at radius 1 is 1.26 bits per heavy atom. The van der Waals surface area contributed by atoms with Gasteiger partial charge in [-0.15, -0.1) is 24.0 Å². The molecule has 1 saturated carbocycles. The first-order valence-electron chi connectivity index (χ1n) is 9.02. The fourth-order valence-corrected chi connectivity index (χ4v) is 3.35. The number of benzene rings is 1. The number of hydrogen-bond acceptors (Lipinski definition) is 2. The van der Waals surface area contributed by atoms with E-state index in [0.29, 0.717) is 12.5 Å². The molecule has 1 fully saturated rings. The minimum absolute atomic E-state index is 0. The molecule has 0 spiro atoms. The molecule has 0 aliphatic heterocycles. The number of hydrogen-bond donors (Lipinski definition) is 2. The third-order valence-electron chi connectivity index (χ3n) is 4.97. The van der Waals surface area contributed by atoms with E-state index in [0.717, 1.165) is 24.0 Å². The topological polar surface area (TPSA) is 54.2 Å². The third-order valence-corrected chi connectivity index (χ3v) is 4.97. The lowest BCUT2D eigenvalue weighted by Crippen LogP contribution is -2.48. The van der Waals surface area contributed by atoms with Gasteiger partial charge in [0.05, 0.1) is 0 Å². The average molecular weight is 489 g/mol. The van der Waals surface area contributed by atoms with Crippen LogP contribution in [0.15, 0.2) is 47.7 Å². The average Bonchev–Trinajstić information content (AvgIpc) is 3.08. The molecule has 1 aliphatic carbocycles. The lowest BCUT2D eigenvalue weighted by Gasteiger charge is -2.43. The van der Waals surface area contributed by atoms with Crippen molar-refractivity contribution in [2.75, 3.05) is 13.1 Å². The van der Waals surface area contributed by atoms with Gasteiger partial charge in [-0.05, 0) is 25.3 Å². The first-order valence-corrected chi connectivity index (χ1v) is 9.02. The molecule has 148 valence electrons. The van der Waals surface area contributed by atoms with Gasteiger partial charge >= 0.3 is 6.55 Å². The number of nitrogens with zero attached hydrogens (tertiary/aromatic N) is 3. The number of rotatable bonds is 7. The van der Waals surface area contributed by atoms with Crippen molar-refractivity contribution in [2.45, 2.75) is 44.7 Å². The van der Waals surface area contributed by atoms with Gasteiger partial charge in [0.15, 0.2) is 5.96 Å². The number of alkyl halides is 2. The molecule has 8 heteroatoms. The Kier molecular flexibility index (Phi) is 8.00. The van der Waals surface area contributed by atoms with E-state index >= 15 is 0 Å². The van der Waals surface area contributed by atoms with Gasteiger partial charge in [-0.25, -0.2) is 9.98 Å². The largest absolute Gasteiger partial charge is 0.357 e. The maximum atomic E-state index is 12.9. The zero-order chi connectivity index (χ0) is 18.4. The van der Waals surface area contributed by atoms with Gasteiger partial charge in [-0.2, -0.15) is 8.78 Å². The number of nitrogens with one attached hydrogen (secondary N) is 2. The maximum absolute atomic E-state index is 12.9. The van der Waals surface area contributed by atoms with E-state index in [1.807, 2.05) is 13.0 Å². The maximum Gasteiger partial charge on any atom is 0.319 e. The second-order valence-corrected chi connectivity index (χ2v) is 6.58. The van der Waals surface area contributed by atoms with Gasteiger partial charge in [0, 0.05) is 30.9 Å². The zero-order valence-corrected chi connectivity index (χ0v) is 17.7. The number of guanidine groups is 1. The Labute approximate surface area is 175 Å². The van der Waals surface area contributed by atoms with Gasteiger partial charge in [0.2, 0.25) is 0 Å². The molecule has 1 heterocycles. The van der Waals surface area contributed by atoms with Crippen LogP contribution in [0.4, 0.5) is 8.78 Å². The monoisotopic (exact) mass is 489 g/mol. The van der Waals surface area contributed by atoms with Gasteiger partial charge in [-0.1, -0.05) is 36.8 Å². The van der Waals surface area contributed by atoms with Crippen LogP contribution in [0.2, 0.25) is 0 Å². The molecule has 2 aromatic rings. The molecule has 0 atom stereocenters. The summed E-state index contributed by atoms with van der Waals surface area (Å²) < 4.78 is 26.7. The highest BCUT2D eigenvalue weighted by molar-refractivity contribution is 14.0. The third kappa shape index (κ3) is 5.18. The van der Waals surface area contributed by atoms with Crippen molar-refractivity contribution in [2.24, 2.45) is 4.99 Å². The van der Waals surface area contributed by atoms with Crippen LogP contribution in [-0.2, 0) is 12.0 Å². The van der Waals surface area contributed by atoms with Crippen molar-refractivity contribution >= 4 is 29.9 Å². The quantitative estimate of drug-likeness (QED) is 0.350. The molecule has 27 heavy (non-hydrogen) atoms. The Hall–Kier alpha value is -1.71. The van der Waals surface area contributed by atoms with Crippen molar-refractivity contribution in [1.29, 1.82) is 0 Å². The van der Waals surface area contributed by atoms with Crippen LogP contribution in [0, 0.1) is 0 Å². The fourth-order valence-electron chi connectivity index (χ4n) is 3.35. The Morgan fingerprint density at radius 2 is 2.00 bits per heavy atom. The molecule has 1 aromatic carbocycles. The van der Waals surface area contributed by atoms with Crippen LogP contribution < -0.4 is 10.6 Å². The predicted octanol–water partition coefficient (Wildman–Crippen LogP) is 4.07. The Balaban J connectivity index is 0.00000261. The van der Waals surface area contributed by atoms with Crippen molar-refractivity contribution in [3.8, 4) is 0 Å². The first-order chi connectivity index (χ1) is 12.6. The molecule has 0 unspecified atom stereocenters. The molecular formula is C19H26F2IN5. The zero-order valence-electron chi connectivity index (χ0n) is 15.4. The minimum atomic E-state index is -2.60. The van der Waals surface area contributed by atoms with Crippen LogP contribution in [0.3, 0.4) is 0 Å². The SMILES string of the molecule is CCNC(=NCc1nccn1C(F)F)NCC1(c2ccccc2)CCC1.I. The minimum Gasteiger partial charge on any atom is -0.357 e. The Morgan fingerprint density at radius 3 is 2.59 bits per heavy atom. The summed E-state index contributed by atoms with van der Waals surface area (Å²) in [6.45, 7) is 0.952. The summed E-state index contributed by atoms with van der Waals surface area (Å²) in [6.07, 6.45) is 6.14. The molecule has 5 nitrogen and oxygen atoms in total. The molecule has 0 saturated heterocycles.